The average Bonchev–Trinajstić information content (AvgIpc) is 3.39. The number of aromatic amines is 1. The van der Waals surface area contributed by atoms with Crippen molar-refractivity contribution in [3.63, 3.8) is 0 Å². The number of hydrogen-bond donors (Lipinski definition) is 2. The summed E-state index contributed by atoms with van der Waals surface area (Å²) in [7, 11) is 0. The molecule has 0 spiro atoms. The fourth-order valence-electron chi connectivity index (χ4n) is 3.40. The van der Waals surface area contributed by atoms with E-state index in [1.165, 1.54) is 30.3 Å². The standard InChI is InChI=1S/C22H15F2N3O4/c23-22(24,14-5-8-18-19(9-14)30-11-29-18)13-3-1-12(2-4-13)20-26-16-7-6-15(31-21(25)28)10-17(16)27-20/h1-10H,11H2,(H2,25,28)(H,26,27). The Labute approximate surface area is 174 Å². The summed E-state index contributed by atoms with van der Waals surface area (Å²) >= 11 is 0. The van der Waals surface area contributed by atoms with E-state index in [0.717, 1.165) is 0 Å². The van der Waals surface area contributed by atoms with Crippen molar-refractivity contribution in [3.8, 4) is 28.6 Å². The smallest absolute Gasteiger partial charge is 0.409 e. The number of carbonyl (C=O) groups excluding carboxylic acids is 1. The second kappa shape index (κ2) is 6.98. The van der Waals surface area contributed by atoms with Crippen LogP contribution in [0.3, 0.4) is 0 Å². The maximum Gasteiger partial charge on any atom is 0.409 e. The van der Waals surface area contributed by atoms with Crippen LogP contribution in [0.25, 0.3) is 22.4 Å². The Kier molecular flexibility index (Phi) is 4.25. The Bertz CT molecular complexity index is 1300. The third-order valence-corrected chi connectivity index (χ3v) is 4.93. The lowest BCUT2D eigenvalue weighted by atomic mass is 9.98. The molecule has 0 fully saturated rings. The van der Waals surface area contributed by atoms with Gasteiger partial charge in [0.05, 0.1) is 11.0 Å². The van der Waals surface area contributed by atoms with Crippen LogP contribution in [0.5, 0.6) is 17.2 Å². The molecule has 4 aromatic rings. The van der Waals surface area contributed by atoms with Gasteiger partial charge in [-0.05, 0) is 30.3 Å². The van der Waals surface area contributed by atoms with E-state index in [1.807, 2.05) is 0 Å². The zero-order valence-electron chi connectivity index (χ0n) is 15.9. The third kappa shape index (κ3) is 3.39. The molecular formula is C22H15F2N3O4. The Morgan fingerprint density at radius 2 is 1.74 bits per heavy atom. The first-order valence-electron chi connectivity index (χ1n) is 9.26. The lowest BCUT2D eigenvalue weighted by Gasteiger charge is -2.18. The van der Waals surface area contributed by atoms with Crippen molar-refractivity contribution < 1.29 is 27.8 Å². The normalized spacial score (nSPS) is 12.8. The van der Waals surface area contributed by atoms with Crippen LogP contribution >= 0.6 is 0 Å². The summed E-state index contributed by atoms with van der Waals surface area (Å²) in [5.41, 5.74) is 6.54. The molecule has 0 atom stereocenters. The molecule has 0 radical (unpaired) electrons. The molecule has 0 bridgehead atoms. The predicted molar refractivity (Wildman–Crippen MR) is 107 cm³/mol. The minimum atomic E-state index is -3.21. The van der Waals surface area contributed by atoms with E-state index < -0.39 is 12.0 Å². The average molecular weight is 423 g/mol. The number of amides is 1. The van der Waals surface area contributed by atoms with Crippen molar-refractivity contribution in [1.29, 1.82) is 0 Å². The molecule has 1 amide bonds. The number of imidazole rings is 1. The molecule has 156 valence electrons. The molecular weight excluding hydrogens is 408 g/mol. The number of nitrogens with one attached hydrogen (secondary N) is 1. The number of benzene rings is 3. The van der Waals surface area contributed by atoms with Crippen LogP contribution in [0, 0.1) is 0 Å². The second-order valence-corrected chi connectivity index (χ2v) is 6.91. The van der Waals surface area contributed by atoms with Crippen molar-refractivity contribution in [1.82, 2.24) is 9.97 Å². The predicted octanol–water partition coefficient (Wildman–Crippen LogP) is 4.56. The van der Waals surface area contributed by atoms with Crippen LogP contribution in [0.1, 0.15) is 11.1 Å². The lowest BCUT2D eigenvalue weighted by molar-refractivity contribution is 0.0426. The van der Waals surface area contributed by atoms with Gasteiger partial charge in [-0.2, -0.15) is 8.78 Å². The molecule has 3 aromatic carbocycles. The molecule has 0 saturated carbocycles. The van der Waals surface area contributed by atoms with E-state index in [2.05, 4.69) is 9.97 Å². The fraction of sp³-hybridized carbons (Fsp3) is 0.0909. The molecule has 1 aliphatic rings. The zero-order valence-corrected chi connectivity index (χ0v) is 15.9. The number of rotatable bonds is 4. The highest BCUT2D eigenvalue weighted by Crippen LogP contribution is 2.41. The summed E-state index contributed by atoms with van der Waals surface area (Å²) in [5.74, 6) is -1.70. The van der Waals surface area contributed by atoms with Crippen LogP contribution in [-0.4, -0.2) is 22.9 Å². The summed E-state index contributed by atoms with van der Waals surface area (Å²) < 4.78 is 45.3. The van der Waals surface area contributed by atoms with Gasteiger partial charge in [-0.15, -0.1) is 0 Å². The number of aromatic nitrogens is 2. The highest BCUT2D eigenvalue weighted by Gasteiger charge is 2.35. The molecule has 3 N–H and O–H groups in total. The summed E-state index contributed by atoms with van der Waals surface area (Å²) in [6.07, 6.45) is -0.918. The number of halogens is 2. The third-order valence-electron chi connectivity index (χ3n) is 4.93. The van der Waals surface area contributed by atoms with Crippen LogP contribution < -0.4 is 19.9 Å². The van der Waals surface area contributed by atoms with E-state index in [0.29, 0.717) is 33.9 Å². The van der Waals surface area contributed by atoms with E-state index in [1.54, 1.807) is 30.3 Å². The van der Waals surface area contributed by atoms with Gasteiger partial charge in [-0.3, -0.25) is 0 Å². The first-order valence-corrected chi connectivity index (χ1v) is 9.26. The van der Waals surface area contributed by atoms with Gasteiger partial charge in [0, 0.05) is 22.8 Å². The molecule has 31 heavy (non-hydrogen) atoms. The fourth-order valence-corrected chi connectivity index (χ4v) is 3.40. The summed E-state index contributed by atoms with van der Waals surface area (Å²) in [6.45, 7) is 0.0205. The number of ether oxygens (including phenoxy) is 3. The van der Waals surface area contributed by atoms with E-state index >= 15 is 8.78 Å². The van der Waals surface area contributed by atoms with E-state index in [9.17, 15) is 4.79 Å². The first-order chi connectivity index (χ1) is 14.9. The molecule has 5 rings (SSSR count). The van der Waals surface area contributed by atoms with E-state index in [-0.39, 0.29) is 23.7 Å². The molecule has 0 saturated heterocycles. The van der Waals surface area contributed by atoms with Crippen molar-refractivity contribution in [2.45, 2.75) is 5.92 Å². The summed E-state index contributed by atoms with van der Waals surface area (Å²) in [6, 6.07) is 14.7. The number of primary amides is 1. The van der Waals surface area contributed by atoms with Gasteiger partial charge in [-0.1, -0.05) is 24.3 Å². The zero-order chi connectivity index (χ0) is 21.6. The first kappa shape index (κ1) is 18.9. The quantitative estimate of drug-likeness (QED) is 0.501. The van der Waals surface area contributed by atoms with Gasteiger partial charge in [0.2, 0.25) is 6.79 Å². The van der Waals surface area contributed by atoms with Gasteiger partial charge in [0.1, 0.15) is 11.6 Å². The lowest BCUT2D eigenvalue weighted by Crippen LogP contribution is -2.16. The topological polar surface area (TPSA) is 99.5 Å². The Balaban J connectivity index is 1.43. The van der Waals surface area contributed by atoms with Crippen LogP contribution in [0.2, 0.25) is 0 Å². The maximum absolute atomic E-state index is 15.0. The molecule has 2 heterocycles. The number of nitrogens with zero attached hydrogens (tertiary/aromatic N) is 1. The highest BCUT2D eigenvalue weighted by molar-refractivity contribution is 5.81. The van der Waals surface area contributed by atoms with Crippen LogP contribution in [0.4, 0.5) is 13.6 Å². The van der Waals surface area contributed by atoms with Crippen LogP contribution in [0.15, 0.2) is 60.7 Å². The molecule has 1 aromatic heterocycles. The van der Waals surface area contributed by atoms with Gasteiger partial charge in [-0.25, -0.2) is 9.78 Å². The number of alkyl halides is 2. The van der Waals surface area contributed by atoms with Crippen LogP contribution in [-0.2, 0) is 5.92 Å². The van der Waals surface area contributed by atoms with Crippen molar-refractivity contribution in [2.75, 3.05) is 6.79 Å². The Morgan fingerprint density at radius 1 is 1.00 bits per heavy atom. The Morgan fingerprint density at radius 3 is 2.52 bits per heavy atom. The second-order valence-electron chi connectivity index (χ2n) is 6.91. The van der Waals surface area contributed by atoms with Crippen molar-refractivity contribution >= 4 is 17.1 Å². The minimum absolute atomic E-state index is 0.0205. The maximum atomic E-state index is 15.0. The molecule has 0 unspecified atom stereocenters. The van der Waals surface area contributed by atoms with Gasteiger partial charge >= 0.3 is 6.09 Å². The number of carbonyl (C=O) groups is 1. The minimum Gasteiger partial charge on any atom is -0.454 e. The molecule has 0 aliphatic carbocycles. The summed E-state index contributed by atoms with van der Waals surface area (Å²) in [4.78, 5) is 18.4. The monoisotopic (exact) mass is 423 g/mol. The SMILES string of the molecule is NC(=O)Oc1ccc2nc(-c3ccc(C(F)(F)c4ccc5c(c4)OCO5)cc3)[nH]c2c1. The molecule has 7 nitrogen and oxygen atoms in total. The molecule has 1 aliphatic heterocycles. The van der Waals surface area contributed by atoms with Crippen molar-refractivity contribution in [3.05, 3.63) is 71.8 Å². The van der Waals surface area contributed by atoms with E-state index in [4.69, 9.17) is 19.9 Å². The number of nitrogens with two attached hydrogens (primary N) is 1. The highest BCUT2D eigenvalue weighted by atomic mass is 19.3. The Hall–Kier alpha value is -4.14. The molecule has 9 heteroatoms. The largest absolute Gasteiger partial charge is 0.454 e. The number of hydrogen-bond acceptors (Lipinski definition) is 5. The van der Waals surface area contributed by atoms with Crippen molar-refractivity contribution in [2.24, 2.45) is 5.73 Å². The number of fused-ring (bicyclic) bond motifs is 2. The van der Waals surface area contributed by atoms with Gasteiger partial charge in [0.25, 0.3) is 5.92 Å². The van der Waals surface area contributed by atoms with Gasteiger partial charge < -0.3 is 24.9 Å². The summed E-state index contributed by atoms with van der Waals surface area (Å²) in [5, 5.41) is 0. The number of H-pyrrole nitrogens is 1. The van der Waals surface area contributed by atoms with Gasteiger partial charge in [0.15, 0.2) is 11.5 Å².